The molecular formula is C17H13F3O3. The van der Waals surface area contributed by atoms with Crippen molar-refractivity contribution in [2.24, 2.45) is 0 Å². The molecule has 23 heavy (non-hydrogen) atoms. The van der Waals surface area contributed by atoms with Gasteiger partial charge in [0.1, 0.15) is 5.75 Å². The van der Waals surface area contributed by atoms with Crippen LogP contribution in [-0.2, 0) is 11.0 Å². The maximum Gasteiger partial charge on any atom is 0.419 e. The summed E-state index contributed by atoms with van der Waals surface area (Å²) < 4.78 is 43.8. The summed E-state index contributed by atoms with van der Waals surface area (Å²) in [6.07, 6.45) is -3.47. The number of benzene rings is 2. The Morgan fingerprint density at radius 2 is 1.65 bits per heavy atom. The predicted octanol–water partition coefficient (Wildman–Crippen LogP) is 4.25. The lowest BCUT2D eigenvalue weighted by molar-refractivity contribution is -0.146. The third-order valence-electron chi connectivity index (χ3n) is 2.95. The molecule has 0 aliphatic rings. The molecule has 1 atom stereocenters. The van der Waals surface area contributed by atoms with Crippen LogP contribution in [0.4, 0.5) is 13.2 Å². The molecule has 3 nitrogen and oxygen atoms in total. The van der Waals surface area contributed by atoms with Gasteiger partial charge in [-0.1, -0.05) is 48.5 Å². The summed E-state index contributed by atoms with van der Waals surface area (Å²) in [5, 5.41) is 9.15. The number of alkyl halides is 3. The zero-order valence-corrected chi connectivity index (χ0v) is 11.8. The molecular weight excluding hydrogens is 309 g/mol. The first-order valence-corrected chi connectivity index (χ1v) is 6.67. The lowest BCUT2D eigenvalue weighted by Crippen LogP contribution is -2.25. The maximum absolute atomic E-state index is 12.9. The van der Waals surface area contributed by atoms with Crippen molar-refractivity contribution >= 4 is 12.0 Å². The van der Waals surface area contributed by atoms with Crippen molar-refractivity contribution in [2.45, 2.75) is 12.3 Å². The standard InChI is InChI=1S/C17H13F3O3/c18-17(19,20)13-8-4-5-9-14(13)23-15(16(21)22)11-10-12-6-2-1-3-7-12/h1-11,15H,(H,21,22)/t15-/m1/s1. The fraction of sp³-hybridized carbons (Fsp3) is 0.118. The molecule has 0 amide bonds. The highest BCUT2D eigenvalue weighted by atomic mass is 19.4. The van der Waals surface area contributed by atoms with E-state index in [1.165, 1.54) is 24.3 Å². The molecule has 0 unspecified atom stereocenters. The Bertz CT molecular complexity index is 694. The first-order valence-electron chi connectivity index (χ1n) is 6.67. The van der Waals surface area contributed by atoms with Gasteiger partial charge in [-0.15, -0.1) is 0 Å². The molecule has 2 aromatic rings. The van der Waals surface area contributed by atoms with E-state index >= 15 is 0 Å². The van der Waals surface area contributed by atoms with Gasteiger partial charge in [0.2, 0.25) is 6.10 Å². The molecule has 0 bridgehead atoms. The van der Waals surface area contributed by atoms with Gasteiger partial charge in [0, 0.05) is 0 Å². The molecule has 0 saturated heterocycles. The molecule has 0 saturated carbocycles. The first kappa shape index (κ1) is 16.6. The van der Waals surface area contributed by atoms with Crippen LogP contribution in [-0.4, -0.2) is 17.2 Å². The molecule has 0 spiro atoms. The largest absolute Gasteiger partial charge is 0.478 e. The summed E-state index contributed by atoms with van der Waals surface area (Å²) in [5.74, 6) is -1.90. The number of carboxylic acid groups (broad SMARTS) is 1. The maximum atomic E-state index is 12.9. The van der Waals surface area contributed by atoms with E-state index in [1.54, 1.807) is 30.3 Å². The smallest absolute Gasteiger partial charge is 0.419 e. The molecule has 0 radical (unpaired) electrons. The quantitative estimate of drug-likeness (QED) is 0.895. The Labute approximate surface area is 130 Å². The highest BCUT2D eigenvalue weighted by molar-refractivity contribution is 5.77. The topological polar surface area (TPSA) is 46.5 Å². The van der Waals surface area contributed by atoms with E-state index in [0.717, 1.165) is 12.1 Å². The molecule has 0 heterocycles. The van der Waals surface area contributed by atoms with Crippen LogP contribution in [0.25, 0.3) is 6.08 Å². The molecule has 6 heteroatoms. The van der Waals surface area contributed by atoms with Crippen LogP contribution in [0, 0.1) is 0 Å². The molecule has 0 aliphatic heterocycles. The van der Waals surface area contributed by atoms with Crippen molar-refractivity contribution < 1.29 is 27.8 Å². The van der Waals surface area contributed by atoms with Gasteiger partial charge < -0.3 is 9.84 Å². The monoisotopic (exact) mass is 322 g/mol. The number of carboxylic acids is 1. The molecule has 120 valence electrons. The SMILES string of the molecule is O=C(O)[C@@H](C=Cc1ccccc1)Oc1ccccc1C(F)(F)F. The number of aliphatic carboxylic acids is 1. The second-order valence-corrected chi connectivity index (χ2v) is 4.64. The van der Waals surface area contributed by atoms with Gasteiger partial charge in [0.15, 0.2) is 0 Å². The van der Waals surface area contributed by atoms with Crippen LogP contribution in [0.3, 0.4) is 0 Å². The van der Waals surface area contributed by atoms with E-state index in [0.29, 0.717) is 5.56 Å². The summed E-state index contributed by atoms with van der Waals surface area (Å²) in [6.45, 7) is 0. The Kier molecular flexibility index (Phi) is 5.05. The normalized spacial score (nSPS) is 13.0. The fourth-order valence-corrected chi connectivity index (χ4v) is 1.88. The van der Waals surface area contributed by atoms with Gasteiger partial charge in [-0.2, -0.15) is 13.2 Å². The Morgan fingerprint density at radius 3 is 2.26 bits per heavy atom. The second kappa shape index (κ2) is 7.00. The Morgan fingerprint density at radius 1 is 1.04 bits per heavy atom. The highest BCUT2D eigenvalue weighted by Crippen LogP contribution is 2.36. The third-order valence-corrected chi connectivity index (χ3v) is 2.95. The van der Waals surface area contributed by atoms with Crippen molar-refractivity contribution in [1.82, 2.24) is 0 Å². The lowest BCUT2D eigenvalue weighted by atomic mass is 10.1. The van der Waals surface area contributed by atoms with E-state index in [9.17, 15) is 18.0 Å². The molecule has 2 aromatic carbocycles. The average Bonchev–Trinajstić information content (AvgIpc) is 2.51. The lowest BCUT2D eigenvalue weighted by Gasteiger charge is -2.16. The van der Waals surface area contributed by atoms with Crippen molar-refractivity contribution in [3.8, 4) is 5.75 Å². The number of ether oxygens (including phenoxy) is 1. The minimum Gasteiger partial charge on any atom is -0.478 e. The van der Waals surface area contributed by atoms with Crippen molar-refractivity contribution in [2.75, 3.05) is 0 Å². The first-order chi connectivity index (χ1) is 10.9. The summed E-state index contributed by atoms with van der Waals surface area (Å²) in [7, 11) is 0. The zero-order valence-electron chi connectivity index (χ0n) is 11.8. The minimum absolute atomic E-state index is 0.523. The van der Waals surface area contributed by atoms with Crippen molar-refractivity contribution in [1.29, 1.82) is 0 Å². The van der Waals surface area contributed by atoms with Gasteiger partial charge in [-0.25, -0.2) is 4.79 Å². The molecule has 0 aromatic heterocycles. The van der Waals surface area contributed by atoms with Crippen LogP contribution < -0.4 is 4.74 Å². The van der Waals surface area contributed by atoms with Crippen LogP contribution in [0.5, 0.6) is 5.75 Å². The minimum atomic E-state index is -4.62. The summed E-state index contributed by atoms with van der Waals surface area (Å²) in [4.78, 5) is 11.2. The van der Waals surface area contributed by atoms with Gasteiger partial charge in [-0.3, -0.25) is 0 Å². The number of hydrogen-bond acceptors (Lipinski definition) is 2. The van der Waals surface area contributed by atoms with E-state index in [-0.39, 0.29) is 0 Å². The van der Waals surface area contributed by atoms with Crippen molar-refractivity contribution in [3.05, 3.63) is 71.8 Å². The van der Waals surface area contributed by atoms with Crippen LogP contribution in [0.2, 0.25) is 0 Å². The van der Waals surface area contributed by atoms with E-state index < -0.39 is 29.6 Å². The number of rotatable bonds is 5. The summed E-state index contributed by atoms with van der Waals surface area (Å²) >= 11 is 0. The van der Waals surface area contributed by atoms with Crippen LogP contribution >= 0.6 is 0 Å². The van der Waals surface area contributed by atoms with Crippen LogP contribution in [0.1, 0.15) is 11.1 Å². The van der Waals surface area contributed by atoms with Crippen molar-refractivity contribution in [3.63, 3.8) is 0 Å². The number of para-hydroxylation sites is 1. The van der Waals surface area contributed by atoms with E-state index in [1.807, 2.05) is 0 Å². The summed E-state index contributed by atoms with van der Waals surface area (Å²) in [6, 6.07) is 13.3. The molecule has 0 aliphatic carbocycles. The number of carbonyl (C=O) groups is 1. The number of hydrogen-bond donors (Lipinski definition) is 1. The predicted molar refractivity (Wildman–Crippen MR) is 79.0 cm³/mol. The third kappa shape index (κ3) is 4.60. The van der Waals surface area contributed by atoms with Gasteiger partial charge >= 0.3 is 12.1 Å². The summed E-state index contributed by atoms with van der Waals surface area (Å²) in [5.41, 5.74) is -0.300. The average molecular weight is 322 g/mol. The molecule has 1 N–H and O–H groups in total. The highest BCUT2D eigenvalue weighted by Gasteiger charge is 2.35. The molecule has 2 rings (SSSR count). The zero-order chi connectivity index (χ0) is 16.9. The van der Waals surface area contributed by atoms with Crippen LogP contribution in [0.15, 0.2) is 60.7 Å². The number of halogens is 3. The fourth-order valence-electron chi connectivity index (χ4n) is 1.88. The van der Waals surface area contributed by atoms with E-state index in [4.69, 9.17) is 9.84 Å². The van der Waals surface area contributed by atoms with Gasteiger partial charge in [-0.05, 0) is 23.8 Å². The Hall–Kier alpha value is -2.76. The van der Waals surface area contributed by atoms with Gasteiger partial charge in [0.05, 0.1) is 5.56 Å². The van der Waals surface area contributed by atoms with E-state index in [2.05, 4.69) is 0 Å². The Balaban J connectivity index is 2.24. The van der Waals surface area contributed by atoms with Gasteiger partial charge in [0.25, 0.3) is 0 Å². The molecule has 0 fully saturated rings. The second-order valence-electron chi connectivity index (χ2n) is 4.64.